The third-order valence-electron chi connectivity index (χ3n) is 3.93. The summed E-state index contributed by atoms with van der Waals surface area (Å²) in [5, 5.41) is -0.0696. The minimum atomic E-state index is -1.34. The summed E-state index contributed by atoms with van der Waals surface area (Å²) in [7, 11) is 0. The maximum absolute atomic E-state index is 14.5. The van der Waals surface area contributed by atoms with Crippen molar-refractivity contribution in [3.8, 4) is 0 Å². The fourth-order valence-corrected chi connectivity index (χ4v) is 2.82. The summed E-state index contributed by atoms with van der Waals surface area (Å²) in [6.07, 6.45) is -0.636. The van der Waals surface area contributed by atoms with Crippen LogP contribution in [-0.4, -0.2) is 51.2 Å². The van der Waals surface area contributed by atoms with Crippen LogP contribution in [-0.2, 0) is 14.2 Å². The maximum atomic E-state index is 14.5. The molecule has 0 bridgehead atoms. The average Bonchev–Trinajstić information content (AvgIpc) is 3.16. The van der Waals surface area contributed by atoms with Crippen LogP contribution >= 0.6 is 11.6 Å². The predicted octanol–water partition coefficient (Wildman–Crippen LogP) is 2.64. The molecule has 0 saturated carbocycles. The first-order valence-corrected chi connectivity index (χ1v) is 8.62. The number of nitrogens with two attached hydrogens (primary N) is 1. The number of aromatic nitrogens is 4. The van der Waals surface area contributed by atoms with Crippen LogP contribution in [0, 0.1) is 0 Å². The number of imidazole rings is 1. The van der Waals surface area contributed by atoms with Gasteiger partial charge in [-0.05, 0) is 18.0 Å². The highest BCUT2D eigenvalue weighted by Gasteiger charge is 2.38. The molecule has 1 aliphatic rings. The molecule has 3 heterocycles. The molecular formula is C15H19ClFN5O4. The van der Waals surface area contributed by atoms with Gasteiger partial charge in [0.25, 0.3) is 0 Å². The van der Waals surface area contributed by atoms with Gasteiger partial charge in [0.2, 0.25) is 5.28 Å². The fraction of sp³-hybridized carbons (Fsp3) is 0.600. The van der Waals surface area contributed by atoms with Gasteiger partial charge in [0.15, 0.2) is 17.7 Å². The van der Waals surface area contributed by atoms with E-state index in [9.17, 15) is 9.18 Å². The molecule has 1 aliphatic heterocycles. The molecule has 2 N–H and O–H groups in total. The van der Waals surface area contributed by atoms with E-state index in [0.29, 0.717) is 5.52 Å². The number of anilines is 1. The Balaban J connectivity index is 1.63. The van der Waals surface area contributed by atoms with Crippen molar-refractivity contribution in [2.75, 3.05) is 18.9 Å². The number of fused-ring (bicyclic) bond motifs is 1. The minimum absolute atomic E-state index is 0.0564. The monoisotopic (exact) mass is 387 g/mol. The van der Waals surface area contributed by atoms with Gasteiger partial charge in [-0.25, -0.2) is 14.2 Å². The summed E-state index contributed by atoms with van der Waals surface area (Å²) in [5.74, 6) is 0.0989. The molecule has 3 rings (SSSR count). The molecule has 1 saturated heterocycles. The second kappa shape index (κ2) is 8.00. The Bertz CT molecular complexity index is 789. The molecule has 26 heavy (non-hydrogen) atoms. The van der Waals surface area contributed by atoms with Crippen molar-refractivity contribution in [3.63, 3.8) is 0 Å². The Morgan fingerprint density at radius 1 is 1.50 bits per heavy atom. The molecule has 0 spiro atoms. The maximum Gasteiger partial charge on any atom is 0.508 e. The minimum Gasteiger partial charge on any atom is -0.434 e. The lowest BCUT2D eigenvalue weighted by molar-refractivity contribution is -0.0470. The van der Waals surface area contributed by atoms with Crippen molar-refractivity contribution in [1.82, 2.24) is 19.5 Å². The molecule has 11 heteroatoms. The van der Waals surface area contributed by atoms with E-state index in [1.165, 1.54) is 10.9 Å². The van der Waals surface area contributed by atoms with Crippen LogP contribution < -0.4 is 5.73 Å². The highest BCUT2D eigenvalue weighted by Crippen LogP contribution is 2.34. The molecule has 142 valence electrons. The van der Waals surface area contributed by atoms with Crippen molar-refractivity contribution >= 4 is 34.7 Å². The number of nitrogens with zero attached hydrogens (tertiary/aromatic N) is 4. The van der Waals surface area contributed by atoms with Gasteiger partial charge < -0.3 is 19.9 Å². The number of carbonyl (C=O) groups is 1. The third kappa shape index (κ3) is 3.96. The zero-order chi connectivity index (χ0) is 18.7. The van der Waals surface area contributed by atoms with Gasteiger partial charge in [-0.15, -0.1) is 0 Å². The highest BCUT2D eigenvalue weighted by molar-refractivity contribution is 6.28. The summed E-state index contributed by atoms with van der Waals surface area (Å²) in [5.41, 5.74) is 6.33. The van der Waals surface area contributed by atoms with E-state index in [0.717, 1.165) is 12.8 Å². The number of alkyl halides is 1. The van der Waals surface area contributed by atoms with Crippen molar-refractivity contribution in [2.24, 2.45) is 0 Å². The fourth-order valence-electron chi connectivity index (χ4n) is 2.65. The second-order valence-corrected chi connectivity index (χ2v) is 6.20. The number of halogens is 2. The number of hydrogen-bond donors (Lipinski definition) is 1. The lowest BCUT2D eigenvalue weighted by atomic mass is 10.2. The molecule has 1 fully saturated rings. The summed E-state index contributed by atoms with van der Waals surface area (Å²) in [6, 6.07) is 0. The van der Waals surface area contributed by atoms with E-state index in [-0.39, 0.29) is 36.4 Å². The zero-order valence-electron chi connectivity index (χ0n) is 14.1. The van der Waals surface area contributed by atoms with E-state index in [1.807, 2.05) is 6.92 Å². The first kappa shape index (κ1) is 18.6. The van der Waals surface area contributed by atoms with E-state index in [4.69, 9.17) is 31.5 Å². The lowest BCUT2D eigenvalue weighted by Gasteiger charge is -2.16. The number of ether oxygens (including phenoxy) is 3. The van der Waals surface area contributed by atoms with Crippen LogP contribution in [0.3, 0.4) is 0 Å². The normalized spacial score (nSPS) is 22.7. The van der Waals surface area contributed by atoms with E-state index < -0.39 is 24.7 Å². The molecule has 3 unspecified atom stereocenters. The average molecular weight is 388 g/mol. The van der Waals surface area contributed by atoms with Crippen LogP contribution in [0.2, 0.25) is 5.28 Å². The summed E-state index contributed by atoms with van der Waals surface area (Å²) in [6.45, 7) is 2.17. The van der Waals surface area contributed by atoms with Gasteiger partial charge in [-0.1, -0.05) is 13.3 Å². The summed E-state index contributed by atoms with van der Waals surface area (Å²) >= 11 is 5.81. The third-order valence-corrected chi connectivity index (χ3v) is 4.10. The highest BCUT2D eigenvalue weighted by atomic mass is 35.5. The number of hydrogen-bond acceptors (Lipinski definition) is 8. The van der Waals surface area contributed by atoms with Crippen LogP contribution in [0.4, 0.5) is 15.0 Å². The lowest BCUT2D eigenvalue weighted by Crippen LogP contribution is -2.20. The molecular weight excluding hydrogens is 369 g/mol. The van der Waals surface area contributed by atoms with Crippen LogP contribution in [0.1, 0.15) is 32.4 Å². The van der Waals surface area contributed by atoms with E-state index >= 15 is 0 Å². The Hall–Kier alpha value is -2.20. The summed E-state index contributed by atoms with van der Waals surface area (Å²) < 4.78 is 31.4. The first-order valence-electron chi connectivity index (χ1n) is 8.24. The summed E-state index contributed by atoms with van der Waals surface area (Å²) in [4.78, 5) is 23.4. The van der Waals surface area contributed by atoms with Gasteiger partial charge in [-0.2, -0.15) is 9.97 Å². The van der Waals surface area contributed by atoms with Crippen LogP contribution in [0.5, 0.6) is 0 Å². The van der Waals surface area contributed by atoms with Crippen molar-refractivity contribution in [3.05, 3.63) is 11.6 Å². The smallest absolute Gasteiger partial charge is 0.434 e. The number of unbranched alkanes of at least 4 members (excludes halogenated alkanes) is 1. The Kier molecular flexibility index (Phi) is 5.72. The largest absolute Gasteiger partial charge is 0.508 e. The molecule has 0 amide bonds. The quantitative estimate of drug-likeness (QED) is 0.457. The first-order chi connectivity index (χ1) is 12.5. The predicted molar refractivity (Wildman–Crippen MR) is 90.4 cm³/mol. The molecule has 2 aromatic heterocycles. The van der Waals surface area contributed by atoms with Gasteiger partial charge in [-0.3, -0.25) is 4.57 Å². The van der Waals surface area contributed by atoms with Crippen LogP contribution in [0.25, 0.3) is 11.2 Å². The van der Waals surface area contributed by atoms with Crippen LogP contribution in [0.15, 0.2) is 6.33 Å². The topological polar surface area (TPSA) is 114 Å². The number of nitrogen functional groups attached to an aromatic ring is 1. The van der Waals surface area contributed by atoms with Gasteiger partial charge in [0.05, 0.1) is 19.0 Å². The molecule has 0 aliphatic carbocycles. The van der Waals surface area contributed by atoms with Gasteiger partial charge in [0.1, 0.15) is 18.3 Å². The van der Waals surface area contributed by atoms with Crippen molar-refractivity contribution < 1.29 is 23.4 Å². The molecule has 0 radical (unpaired) electrons. The van der Waals surface area contributed by atoms with E-state index in [1.54, 1.807) is 0 Å². The Morgan fingerprint density at radius 3 is 3.08 bits per heavy atom. The van der Waals surface area contributed by atoms with Crippen molar-refractivity contribution in [1.29, 1.82) is 0 Å². The van der Waals surface area contributed by atoms with E-state index in [2.05, 4.69) is 15.0 Å². The standard InChI is InChI=1S/C15H19ClFN5O4/c1-2-3-4-24-15(23)25-6-8-5-9(17)13(26-8)22-7-19-10-11(18)20-14(16)21-12(10)22/h7-9,13H,2-6H2,1H3,(H2,18,20,21). The van der Waals surface area contributed by atoms with Gasteiger partial charge in [0, 0.05) is 6.42 Å². The Morgan fingerprint density at radius 2 is 2.31 bits per heavy atom. The molecule has 9 nitrogen and oxygen atoms in total. The second-order valence-electron chi connectivity index (χ2n) is 5.87. The molecule has 0 aromatic carbocycles. The number of rotatable bonds is 6. The number of carbonyl (C=O) groups excluding carboxylic acids is 1. The SMILES string of the molecule is CCCCOC(=O)OCC1CC(F)C(n2cnc3c(N)nc(Cl)nc32)O1. The Labute approximate surface area is 153 Å². The zero-order valence-corrected chi connectivity index (χ0v) is 14.9. The van der Waals surface area contributed by atoms with Gasteiger partial charge >= 0.3 is 6.16 Å². The molecule has 2 aromatic rings. The van der Waals surface area contributed by atoms with Crippen molar-refractivity contribution in [2.45, 2.75) is 44.7 Å². The molecule has 3 atom stereocenters.